The van der Waals surface area contributed by atoms with Crippen LogP contribution in [0.4, 0.5) is 34.1 Å². The number of rotatable bonds is 6. The van der Waals surface area contributed by atoms with Crippen LogP contribution in [0.15, 0.2) is 223 Å². The lowest BCUT2D eigenvalue weighted by molar-refractivity contribution is 0.645. The highest BCUT2D eigenvalue weighted by atomic mass is 16.3. The smallest absolute Gasteiger partial charge is 0.159 e. The number of hydrogen-bond donors (Lipinski definition) is 0. The molecule has 0 bridgehead atoms. The number of benzene rings is 11. The van der Waals surface area contributed by atoms with Crippen LogP contribution in [0, 0.1) is 0 Å². The molecule has 0 fully saturated rings. The third-order valence-electron chi connectivity index (χ3n) is 15.6. The van der Waals surface area contributed by atoms with E-state index in [0.29, 0.717) is 0 Å². The highest BCUT2D eigenvalue weighted by Crippen LogP contribution is 2.55. The largest absolute Gasteiger partial charge is 0.454 e. The molecule has 0 unspecified atom stereocenters. The van der Waals surface area contributed by atoms with Crippen LogP contribution in [0.25, 0.3) is 76.5 Å². The van der Waals surface area contributed by atoms with Crippen molar-refractivity contribution >= 4 is 88.4 Å². The van der Waals surface area contributed by atoms with Gasteiger partial charge < -0.3 is 14.2 Å². The summed E-state index contributed by atoms with van der Waals surface area (Å²) in [5.74, 6) is 0. The summed E-state index contributed by atoms with van der Waals surface area (Å²) in [6, 6.07) is 80.6. The molecule has 2 aliphatic carbocycles. The Morgan fingerprint density at radius 1 is 0.304 bits per heavy atom. The monoisotopic (exact) mass is 884 g/mol. The van der Waals surface area contributed by atoms with Crippen LogP contribution in [0.3, 0.4) is 0 Å². The molecule has 0 spiro atoms. The maximum Gasteiger partial charge on any atom is 0.159 e. The highest BCUT2D eigenvalue weighted by molar-refractivity contribution is 6.25. The lowest BCUT2D eigenvalue weighted by atomic mass is 9.68. The van der Waals surface area contributed by atoms with E-state index < -0.39 is 0 Å². The molecule has 69 heavy (non-hydrogen) atoms. The van der Waals surface area contributed by atoms with Gasteiger partial charge in [-0.3, -0.25) is 0 Å². The Labute approximate surface area is 402 Å². The van der Waals surface area contributed by atoms with Crippen LogP contribution in [0.2, 0.25) is 0 Å². The molecule has 328 valence electrons. The van der Waals surface area contributed by atoms with Gasteiger partial charge in [0, 0.05) is 49.7 Å². The Kier molecular flexibility index (Phi) is 8.38. The molecule has 0 saturated carbocycles. The average Bonchev–Trinajstić information content (AvgIpc) is 3.88. The quantitative estimate of drug-likeness (QED) is 0.155. The van der Waals surface area contributed by atoms with Gasteiger partial charge in [-0.15, -0.1) is 0 Å². The van der Waals surface area contributed by atoms with Gasteiger partial charge in [0.25, 0.3) is 0 Å². The second kappa shape index (κ2) is 14.6. The number of para-hydroxylation sites is 4. The Balaban J connectivity index is 0.985. The fourth-order valence-corrected chi connectivity index (χ4v) is 12.3. The normalized spacial score (nSPS) is 14.0. The van der Waals surface area contributed by atoms with Crippen molar-refractivity contribution in [3.8, 4) is 22.3 Å². The summed E-state index contributed by atoms with van der Waals surface area (Å²) < 4.78 is 6.69. The van der Waals surface area contributed by atoms with E-state index in [0.717, 1.165) is 50.4 Å². The van der Waals surface area contributed by atoms with Crippen LogP contribution in [-0.2, 0) is 10.8 Å². The van der Waals surface area contributed by atoms with Crippen molar-refractivity contribution in [1.29, 1.82) is 0 Å². The van der Waals surface area contributed by atoms with Gasteiger partial charge in [-0.25, -0.2) is 0 Å². The van der Waals surface area contributed by atoms with Crippen LogP contribution in [0.5, 0.6) is 0 Å². The van der Waals surface area contributed by atoms with Gasteiger partial charge in [-0.2, -0.15) is 0 Å². The van der Waals surface area contributed by atoms with E-state index in [9.17, 15) is 0 Å². The zero-order chi connectivity index (χ0) is 46.2. The molecule has 0 aliphatic heterocycles. The third-order valence-corrected chi connectivity index (χ3v) is 15.6. The zero-order valence-electron chi connectivity index (χ0n) is 39.1. The Morgan fingerprint density at radius 2 is 0.812 bits per heavy atom. The maximum atomic E-state index is 6.69. The van der Waals surface area contributed by atoms with Gasteiger partial charge >= 0.3 is 0 Å². The first-order valence-corrected chi connectivity index (χ1v) is 24.2. The van der Waals surface area contributed by atoms with Crippen molar-refractivity contribution in [3.05, 3.63) is 241 Å². The second-order valence-electron chi connectivity index (χ2n) is 20.0. The van der Waals surface area contributed by atoms with Crippen molar-refractivity contribution in [3.63, 3.8) is 0 Å². The molecule has 0 amide bonds. The first kappa shape index (κ1) is 39.7. The third kappa shape index (κ3) is 5.68. The van der Waals surface area contributed by atoms with Crippen molar-refractivity contribution in [2.75, 3.05) is 9.80 Å². The molecular weight excluding hydrogens is 837 g/mol. The summed E-state index contributed by atoms with van der Waals surface area (Å²) in [4.78, 5) is 4.85. The van der Waals surface area contributed by atoms with Crippen molar-refractivity contribution < 1.29 is 4.42 Å². The number of furan rings is 1. The van der Waals surface area contributed by atoms with Crippen LogP contribution >= 0.6 is 0 Å². The molecule has 0 atom stereocenters. The second-order valence-corrected chi connectivity index (χ2v) is 20.0. The van der Waals surface area contributed by atoms with E-state index in [1.54, 1.807) is 0 Å². The Morgan fingerprint density at radius 3 is 1.54 bits per heavy atom. The molecule has 1 aromatic heterocycles. The number of anilines is 6. The molecule has 3 nitrogen and oxygen atoms in total. The molecule has 1 heterocycles. The van der Waals surface area contributed by atoms with E-state index in [-0.39, 0.29) is 10.8 Å². The van der Waals surface area contributed by atoms with Crippen LogP contribution in [0.1, 0.15) is 49.9 Å². The van der Waals surface area contributed by atoms with Gasteiger partial charge in [-0.05, 0) is 144 Å². The fraction of sp³-hybridized carbons (Fsp3) is 0.0909. The molecule has 11 aromatic carbocycles. The topological polar surface area (TPSA) is 19.6 Å². The summed E-state index contributed by atoms with van der Waals surface area (Å²) in [7, 11) is 0. The zero-order valence-corrected chi connectivity index (χ0v) is 39.1. The van der Waals surface area contributed by atoms with Crippen LogP contribution < -0.4 is 9.80 Å². The Hall–Kier alpha value is -8.40. The van der Waals surface area contributed by atoms with E-state index in [2.05, 4.69) is 250 Å². The minimum absolute atomic E-state index is 0.126. The minimum atomic E-state index is -0.316. The summed E-state index contributed by atoms with van der Waals surface area (Å²) in [6.45, 7) is 9.54. The van der Waals surface area contributed by atoms with Crippen molar-refractivity contribution in [1.82, 2.24) is 0 Å². The Bertz CT molecular complexity index is 4090. The fourth-order valence-electron chi connectivity index (χ4n) is 12.3. The first-order valence-electron chi connectivity index (χ1n) is 24.2. The van der Waals surface area contributed by atoms with Gasteiger partial charge in [0.2, 0.25) is 0 Å². The van der Waals surface area contributed by atoms with E-state index in [1.807, 2.05) is 6.07 Å². The molecule has 0 saturated heterocycles. The van der Waals surface area contributed by atoms with Gasteiger partial charge in [0.15, 0.2) is 5.58 Å². The van der Waals surface area contributed by atoms with E-state index >= 15 is 0 Å². The van der Waals surface area contributed by atoms with Gasteiger partial charge in [-0.1, -0.05) is 173 Å². The number of hydrogen-bond acceptors (Lipinski definition) is 3. The molecule has 2 aliphatic rings. The minimum Gasteiger partial charge on any atom is -0.454 e. The first-order chi connectivity index (χ1) is 33.8. The van der Waals surface area contributed by atoms with E-state index in [1.165, 1.54) is 82.5 Å². The van der Waals surface area contributed by atoms with Crippen molar-refractivity contribution in [2.24, 2.45) is 0 Å². The predicted molar refractivity (Wildman–Crippen MR) is 291 cm³/mol. The summed E-state index contributed by atoms with van der Waals surface area (Å²) in [6.07, 6.45) is 0. The summed E-state index contributed by atoms with van der Waals surface area (Å²) >= 11 is 0. The molecule has 0 N–H and O–H groups in total. The number of nitrogens with zero attached hydrogens (tertiary/aromatic N) is 2. The SMILES string of the molecule is CC1(C)c2ccccc2-c2ccc(N(c3ccccc3)c3cc4c5cccc6c5c(cc4c4ccccc34)-c3ccc(N(c4ccccc4)c4cccc5c4oc4ccccc45)cc3C6(C)C)cc21. The summed E-state index contributed by atoms with van der Waals surface area (Å²) in [5.41, 5.74) is 18.5. The van der Waals surface area contributed by atoms with Gasteiger partial charge in [0.05, 0.1) is 11.4 Å². The number of fused-ring (bicyclic) bond motifs is 12. The van der Waals surface area contributed by atoms with Crippen LogP contribution in [-0.4, -0.2) is 0 Å². The van der Waals surface area contributed by atoms with Crippen molar-refractivity contribution in [2.45, 2.75) is 38.5 Å². The van der Waals surface area contributed by atoms with E-state index in [4.69, 9.17) is 4.42 Å². The molecule has 0 radical (unpaired) electrons. The standard InChI is InChI=1S/C66H48N2O/c1-65(2)56-29-15-13-24-46(56)47-35-33-44(38-58(47)65)68(42-21-9-6-10-22-42)61-40-54-51-27-17-30-57-63(51)55(39-53(54)45-23-11-12-25-49(45)61)48-36-34-43(37-59(48)66(57,3)4)67(41-19-7-5-8-20-41)60-31-18-28-52-50-26-14-16-32-62(50)69-64(52)60/h5-40H,1-4H3. The lowest BCUT2D eigenvalue weighted by Crippen LogP contribution is -2.24. The molecule has 14 rings (SSSR count). The summed E-state index contributed by atoms with van der Waals surface area (Å²) in [5, 5.41) is 9.79. The molecule has 3 heteroatoms. The average molecular weight is 885 g/mol. The highest BCUT2D eigenvalue weighted by Gasteiger charge is 2.37. The molecular formula is C66H48N2O. The molecule has 12 aromatic rings. The predicted octanol–water partition coefficient (Wildman–Crippen LogP) is 18.6. The lowest BCUT2D eigenvalue weighted by Gasteiger charge is -2.37. The maximum absolute atomic E-state index is 6.69. The van der Waals surface area contributed by atoms with Gasteiger partial charge in [0.1, 0.15) is 5.58 Å².